The highest BCUT2D eigenvalue weighted by atomic mass is 32.2. The molecule has 0 saturated heterocycles. The first kappa shape index (κ1) is 32.3. The topological polar surface area (TPSA) is 58.9 Å². The minimum atomic E-state index is -3.02. The smallest absolute Gasteiger partial charge is 0.109 e. The summed E-state index contributed by atoms with van der Waals surface area (Å²) in [6.07, 6.45) is 0. The molecule has 0 bridgehead atoms. The number of rotatable bonds is 5. The van der Waals surface area contributed by atoms with Crippen molar-refractivity contribution in [2.45, 2.75) is 19.6 Å². The van der Waals surface area contributed by atoms with Crippen LogP contribution in [0.3, 0.4) is 0 Å². The highest BCUT2D eigenvalue weighted by Gasteiger charge is 2.29. The maximum atomic E-state index is 15.2. The van der Waals surface area contributed by atoms with Crippen molar-refractivity contribution in [1.29, 1.82) is 0 Å². The molecule has 6 heteroatoms. The Bertz CT molecular complexity index is 2840. The molecule has 2 aliphatic rings. The second-order valence-corrected chi connectivity index (χ2v) is 17.8. The van der Waals surface area contributed by atoms with Gasteiger partial charge in [-0.15, -0.1) is 0 Å². The largest absolute Gasteiger partial charge is 0.239 e. The Hall–Kier alpha value is -6.34. The Labute approximate surface area is 315 Å². The van der Waals surface area contributed by atoms with Crippen LogP contribution in [0.15, 0.2) is 222 Å². The summed E-state index contributed by atoms with van der Waals surface area (Å²) in [5.41, 5.74) is 11.0. The molecule has 2 heterocycles. The van der Waals surface area contributed by atoms with E-state index >= 15 is 8.42 Å². The van der Waals surface area contributed by atoms with E-state index in [1.54, 1.807) is 0 Å². The van der Waals surface area contributed by atoms with E-state index in [4.69, 9.17) is 8.73 Å². The minimum absolute atomic E-state index is 0.669. The predicted molar refractivity (Wildman–Crippen MR) is 220 cm³/mol. The van der Waals surface area contributed by atoms with Crippen LogP contribution in [0.5, 0.6) is 0 Å². The van der Waals surface area contributed by atoms with Crippen molar-refractivity contribution in [2.75, 3.05) is 0 Å². The van der Waals surface area contributed by atoms with Crippen LogP contribution in [0.2, 0.25) is 0 Å². The molecule has 0 saturated carbocycles. The number of hydrogen-bond donors (Lipinski definition) is 0. The van der Waals surface area contributed by atoms with Crippen LogP contribution in [-0.2, 0) is 19.5 Å². The molecular weight excluding hydrogens is 701 g/mol. The average Bonchev–Trinajstić information content (AvgIpc) is 3.24. The lowest BCUT2D eigenvalue weighted by molar-refractivity contribution is 0.675. The molecule has 4 nitrogen and oxygen atoms in total. The van der Waals surface area contributed by atoms with E-state index in [0.717, 1.165) is 55.6 Å². The van der Waals surface area contributed by atoms with E-state index in [1.165, 1.54) is 0 Å². The second kappa shape index (κ2) is 12.7. The molecule has 54 heavy (non-hydrogen) atoms. The van der Waals surface area contributed by atoms with Crippen molar-refractivity contribution in [3.05, 3.63) is 194 Å². The lowest BCUT2D eigenvalue weighted by Crippen LogP contribution is -2.08. The summed E-state index contributed by atoms with van der Waals surface area (Å²) >= 11 is 0. The summed E-state index contributed by atoms with van der Waals surface area (Å²) in [5, 5.41) is 0. The highest BCUT2D eigenvalue weighted by Crippen LogP contribution is 2.48. The average molecular weight is 733 g/mol. The van der Waals surface area contributed by atoms with Crippen molar-refractivity contribution >= 4 is 30.8 Å². The Balaban J connectivity index is 1.11. The number of hydrogen-bond acceptors (Lipinski definition) is 4. The molecule has 0 N–H and O–H groups in total. The van der Waals surface area contributed by atoms with Gasteiger partial charge in [0.2, 0.25) is 0 Å². The zero-order valence-electron chi connectivity index (χ0n) is 29.0. The Morgan fingerprint density at radius 1 is 0.296 bits per heavy atom. The summed E-state index contributed by atoms with van der Waals surface area (Å²) in [4.78, 5) is 2.77. The monoisotopic (exact) mass is 732 g/mol. The van der Waals surface area contributed by atoms with Gasteiger partial charge >= 0.3 is 0 Å². The van der Waals surface area contributed by atoms with E-state index in [0.29, 0.717) is 31.0 Å². The predicted octanol–water partition coefficient (Wildman–Crippen LogP) is 13.1. The summed E-state index contributed by atoms with van der Waals surface area (Å²) in [6.45, 7) is 0. The van der Waals surface area contributed by atoms with E-state index < -0.39 is 19.5 Å². The lowest BCUT2D eigenvalue weighted by Gasteiger charge is -2.23. The van der Waals surface area contributed by atoms with Gasteiger partial charge in [-0.1, -0.05) is 146 Å². The van der Waals surface area contributed by atoms with Gasteiger partial charge in [0.15, 0.2) is 0 Å². The summed E-state index contributed by atoms with van der Waals surface area (Å²) < 4.78 is 40.6. The first-order valence-corrected chi connectivity index (χ1v) is 20.8. The molecule has 0 radical (unpaired) electrons. The summed E-state index contributed by atoms with van der Waals surface area (Å²) in [6, 6.07) is 64.2. The fraction of sp³-hybridized carbons (Fsp3) is 0. The van der Waals surface area contributed by atoms with Crippen molar-refractivity contribution < 1.29 is 8.42 Å². The molecule has 2 atom stereocenters. The molecule has 0 spiro atoms. The molecule has 2 aliphatic heterocycles. The van der Waals surface area contributed by atoms with Crippen molar-refractivity contribution in [1.82, 2.24) is 0 Å². The van der Waals surface area contributed by atoms with Gasteiger partial charge in [-0.25, -0.2) is 8.42 Å². The van der Waals surface area contributed by atoms with Crippen LogP contribution in [-0.4, -0.2) is 8.42 Å². The first-order valence-electron chi connectivity index (χ1n) is 17.8. The molecule has 258 valence electrons. The van der Waals surface area contributed by atoms with Crippen molar-refractivity contribution in [3.63, 3.8) is 0 Å². The fourth-order valence-corrected chi connectivity index (χ4v) is 11.9. The Morgan fingerprint density at radius 2 is 0.667 bits per heavy atom. The van der Waals surface area contributed by atoms with Gasteiger partial charge in [-0.05, 0) is 81.9 Å². The molecule has 2 unspecified atom stereocenters. The van der Waals surface area contributed by atoms with Gasteiger partial charge in [0, 0.05) is 22.3 Å². The van der Waals surface area contributed by atoms with E-state index in [2.05, 4.69) is 48.5 Å². The Morgan fingerprint density at radius 3 is 1.11 bits per heavy atom. The molecule has 0 aliphatic carbocycles. The van der Waals surface area contributed by atoms with E-state index in [-0.39, 0.29) is 0 Å². The SMILES string of the molecule is O=S1(c2cccc(-c3ccccc3)c2)=Nc2cc(-c3ccc4c(c3)N=S(=O)(c3cccc(-c5ccccc5)c3)c3ccccc3-4)ccc2-c2ccccc21. The summed E-state index contributed by atoms with van der Waals surface area (Å²) in [5.74, 6) is 0. The molecule has 0 fully saturated rings. The van der Waals surface area contributed by atoms with E-state index in [1.807, 2.05) is 146 Å². The van der Waals surface area contributed by atoms with Gasteiger partial charge in [-0.2, -0.15) is 8.73 Å². The van der Waals surface area contributed by atoms with Gasteiger partial charge < -0.3 is 0 Å². The summed E-state index contributed by atoms with van der Waals surface area (Å²) in [7, 11) is -6.04. The normalized spacial score (nSPS) is 17.9. The van der Waals surface area contributed by atoms with Crippen molar-refractivity contribution in [2.24, 2.45) is 8.73 Å². The molecule has 8 aromatic rings. The standard InChI is InChI=1S/C48H32N2O2S2/c51-53(39-19-11-17-35(29-39)33-13-3-1-4-14-33)47-23-9-7-21-43(47)41-27-25-37(31-45(41)49-53)38-26-28-42-44-22-8-10-24-48(44)54(52,50-46(42)32-38)40-20-12-18-36(30-40)34-15-5-2-6-16-34/h1-32H. The van der Waals surface area contributed by atoms with Gasteiger partial charge in [0.25, 0.3) is 0 Å². The maximum absolute atomic E-state index is 15.2. The number of nitrogens with zero attached hydrogens (tertiary/aromatic N) is 2. The first-order chi connectivity index (χ1) is 26.5. The zero-order chi connectivity index (χ0) is 36.3. The second-order valence-electron chi connectivity index (χ2n) is 13.5. The highest BCUT2D eigenvalue weighted by molar-refractivity contribution is 7.94. The van der Waals surface area contributed by atoms with E-state index in [9.17, 15) is 0 Å². The lowest BCUT2D eigenvalue weighted by atomic mass is 9.95. The molecule has 10 rings (SSSR count). The van der Waals surface area contributed by atoms with Crippen LogP contribution in [0.4, 0.5) is 11.4 Å². The third-order valence-electron chi connectivity index (χ3n) is 10.3. The minimum Gasteiger partial charge on any atom is -0.239 e. The van der Waals surface area contributed by atoms with Gasteiger partial charge in [0.1, 0.15) is 19.5 Å². The van der Waals surface area contributed by atoms with Gasteiger partial charge in [0.05, 0.1) is 31.0 Å². The van der Waals surface area contributed by atoms with Crippen LogP contribution in [0, 0.1) is 0 Å². The quantitative estimate of drug-likeness (QED) is 0.177. The van der Waals surface area contributed by atoms with Crippen molar-refractivity contribution in [3.8, 4) is 55.6 Å². The molecular formula is C48H32N2O2S2. The molecule has 8 aromatic carbocycles. The maximum Gasteiger partial charge on any atom is 0.109 e. The fourth-order valence-electron chi connectivity index (χ4n) is 7.58. The van der Waals surface area contributed by atoms with Crippen LogP contribution < -0.4 is 0 Å². The van der Waals surface area contributed by atoms with Crippen LogP contribution >= 0.6 is 0 Å². The van der Waals surface area contributed by atoms with Crippen LogP contribution in [0.1, 0.15) is 0 Å². The number of benzene rings is 8. The molecule has 0 aromatic heterocycles. The third kappa shape index (κ3) is 5.25. The molecule has 0 amide bonds. The third-order valence-corrected chi connectivity index (χ3v) is 14.9. The number of fused-ring (bicyclic) bond motifs is 6. The Kier molecular flexibility index (Phi) is 7.58. The zero-order valence-corrected chi connectivity index (χ0v) is 30.6. The van der Waals surface area contributed by atoms with Gasteiger partial charge in [-0.3, -0.25) is 0 Å². The van der Waals surface area contributed by atoms with Crippen LogP contribution in [0.25, 0.3) is 55.6 Å².